The van der Waals surface area contributed by atoms with E-state index in [0.717, 1.165) is 19.2 Å². The Morgan fingerprint density at radius 3 is 2.84 bits per heavy atom. The molecule has 108 valence electrons. The van der Waals surface area contributed by atoms with E-state index >= 15 is 0 Å². The van der Waals surface area contributed by atoms with E-state index in [1.165, 1.54) is 6.20 Å². The quantitative estimate of drug-likeness (QED) is 0.704. The van der Waals surface area contributed by atoms with E-state index in [9.17, 15) is 13.2 Å². The van der Waals surface area contributed by atoms with Gasteiger partial charge in [-0.2, -0.15) is 0 Å². The van der Waals surface area contributed by atoms with Crippen molar-refractivity contribution >= 4 is 0 Å². The van der Waals surface area contributed by atoms with Gasteiger partial charge < -0.3 is 10.1 Å². The normalized spacial score (nSPS) is 12.9. The molecule has 0 spiro atoms. The molecule has 1 heterocycles. The third kappa shape index (κ3) is 6.02. The number of hydrogen-bond donors (Lipinski definition) is 1. The summed E-state index contributed by atoms with van der Waals surface area (Å²) in [4.78, 5) is 3.69. The number of halogens is 3. The van der Waals surface area contributed by atoms with Gasteiger partial charge in [-0.05, 0) is 25.5 Å². The van der Waals surface area contributed by atoms with Crippen molar-refractivity contribution < 1.29 is 17.9 Å². The molecule has 0 aliphatic heterocycles. The Morgan fingerprint density at radius 2 is 2.21 bits per heavy atom. The van der Waals surface area contributed by atoms with Crippen LogP contribution in [0.3, 0.4) is 0 Å². The fraction of sp³-hybridized carbons (Fsp3) is 0.615. The third-order valence-corrected chi connectivity index (χ3v) is 2.61. The number of nitrogens with one attached hydrogen (secondary N) is 1. The monoisotopic (exact) mass is 276 g/mol. The average molecular weight is 276 g/mol. The molecule has 1 aromatic heterocycles. The minimum Gasteiger partial charge on any atom is -0.375 e. The molecule has 1 N–H and O–H groups in total. The highest BCUT2D eigenvalue weighted by Gasteiger charge is 2.15. The first kappa shape index (κ1) is 15.9. The van der Waals surface area contributed by atoms with Gasteiger partial charge in [0.25, 0.3) is 6.43 Å². The van der Waals surface area contributed by atoms with Gasteiger partial charge >= 0.3 is 0 Å². The van der Waals surface area contributed by atoms with Crippen molar-refractivity contribution in [2.45, 2.75) is 32.2 Å². The third-order valence-electron chi connectivity index (χ3n) is 2.61. The standard InChI is InChI=1S/C13H19F3N2O/c1-2-5-18-12(4-7-19-9-13(15)16)10-3-6-17-8-11(10)14/h3,6,8,12-13,18H,2,4-5,7,9H2,1H3. The first-order valence-electron chi connectivity index (χ1n) is 6.33. The smallest absolute Gasteiger partial charge is 0.261 e. The lowest BCUT2D eigenvalue weighted by Crippen LogP contribution is -2.25. The Balaban J connectivity index is 2.54. The van der Waals surface area contributed by atoms with E-state index in [1.807, 2.05) is 6.92 Å². The summed E-state index contributed by atoms with van der Waals surface area (Å²) in [5.74, 6) is -0.398. The largest absolute Gasteiger partial charge is 0.375 e. The van der Waals surface area contributed by atoms with Crippen LogP contribution in [0.15, 0.2) is 18.5 Å². The molecule has 0 amide bonds. The van der Waals surface area contributed by atoms with Crippen LogP contribution in [0, 0.1) is 5.82 Å². The molecule has 0 fully saturated rings. The van der Waals surface area contributed by atoms with Crippen LogP contribution in [0.4, 0.5) is 13.2 Å². The molecule has 6 heteroatoms. The van der Waals surface area contributed by atoms with Gasteiger partial charge in [-0.1, -0.05) is 6.92 Å². The summed E-state index contributed by atoms with van der Waals surface area (Å²) in [6.07, 6.45) is 1.53. The van der Waals surface area contributed by atoms with Crippen LogP contribution in [0.2, 0.25) is 0 Å². The first-order valence-corrected chi connectivity index (χ1v) is 6.33. The van der Waals surface area contributed by atoms with Crippen molar-refractivity contribution in [3.8, 4) is 0 Å². The molecule has 19 heavy (non-hydrogen) atoms. The highest BCUT2D eigenvalue weighted by Crippen LogP contribution is 2.19. The summed E-state index contributed by atoms with van der Waals surface area (Å²) in [7, 11) is 0. The predicted molar refractivity (Wildman–Crippen MR) is 66.7 cm³/mol. The van der Waals surface area contributed by atoms with Crippen molar-refractivity contribution in [3.05, 3.63) is 29.8 Å². The topological polar surface area (TPSA) is 34.1 Å². The van der Waals surface area contributed by atoms with Crippen LogP contribution in [0.25, 0.3) is 0 Å². The maximum atomic E-state index is 13.6. The Kier molecular flexibility index (Phi) is 7.43. The number of rotatable bonds is 9. The minimum absolute atomic E-state index is 0.160. The predicted octanol–water partition coefficient (Wildman–Crippen LogP) is 2.93. The summed E-state index contributed by atoms with van der Waals surface area (Å²) in [5.41, 5.74) is 0.490. The van der Waals surface area contributed by atoms with E-state index in [1.54, 1.807) is 6.07 Å². The zero-order valence-corrected chi connectivity index (χ0v) is 10.9. The lowest BCUT2D eigenvalue weighted by Gasteiger charge is -2.19. The molecule has 0 radical (unpaired) electrons. The van der Waals surface area contributed by atoms with Gasteiger partial charge in [-0.3, -0.25) is 4.98 Å². The van der Waals surface area contributed by atoms with Gasteiger partial charge in [0.15, 0.2) is 0 Å². The highest BCUT2D eigenvalue weighted by molar-refractivity contribution is 5.17. The molecule has 0 bridgehead atoms. The Morgan fingerprint density at radius 1 is 1.42 bits per heavy atom. The number of ether oxygens (including phenoxy) is 1. The summed E-state index contributed by atoms with van der Waals surface area (Å²) < 4.78 is 42.4. The molecule has 0 saturated heterocycles. The average Bonchev–Trinajstić information content (AvgIpc) is 2.39. The van der Waals surface area contributed by atoms with Crippen molar-refractivity contribution in [1.29, 1.82) is 0 Å². The molecule has 0 aromatic carbocycles. The second-order valence-corrected chi connectivity index (χ2v) is 4.16. The zero-order chi connectivity index (χ0) is 14.1. The van der Waals surface area contributed by atoms with Crippen LogP contribution in [-0.4, -0.2) is 31.2 Å². The highest BCUT2D eigenvalue weighted by atomic mass is 19.3. The van der Waals surface area contributed by atoms with Crippen LogP contribution in [0.5, 0.6) is 0 Å². The van der Waals surface area contributed by atoms with Crippen LogP contribution < -0.4 is 5.32 Å². The molecular formula is C13H19F3N2O. The number of alkyl halides is 2. The Labute approximate surface area is 111 Å². The number of aromatic nitrogens is 1. The van der Waals surface area contributed by atoms with Crippen LogP contribution in [-0.2, 0) is 4.74 Å². The molecule has 1 aromatic rings. The maximum absolute atomic E-state index is 13.6. The molecule has 0 aliphatic carbocycles. The van der Waals surface area contributed by atoms with Gasteiger partial charge in [0.05, 0.1) is 6.20 Å². The van der Waals surface area contributed by atoms with Crippen LogP contribution >= 0.6 is 0 Å². The second-order valence-electron chi connectivity index (χ2n) is 4.16. The van der Waals surface area contributed by atoms with E-state index in [0.29, 0.717) is 12.0 Å². The maximum Gasteiger partial charge on any atom is 0.261 e. The minimum atomic E-state index is -2.47. The SMILES string of the molecule is CCCNC(CCOCC(F)F)c1ccncc1F. The lowest BCUT2D eigenvalue weighted by molar-refractivity contribution is 0.0143. The van der Waals surface area contributed by atoms with Crippen LogP contribution in [0.1, 0.15) is 31.4 Å². The number of nitrogens with zero attached hydrogens (tertiary/aromatic N) is 1. The van der Waals surface area contributed by atoms with E-state index < -0.39 is 18.8 Å². The summed E-state index contributed by atoms with van der Waals surface area (Å²) in [6, 6.07) is 1.34. The number of pyridine rings is 1. The van der Waals surface area contributed by atoms with Crippen molar-refractivity contribution in [3.63, 3.8) is 0 Å². The Bertz CT molecular complexity index is 363. The Hall–Kier alpha value is -1.14. The number of hydrogen-bond acceptors (Lipinski definition) is 3. The molecule has 1 atom stereocenters. The van der Waals surface area contributed by atoms with Crippen molar-refractivity contribution in [2.24, 2.45) is 0 Å². The first-order chi connectivity index (χ1) is 9.15. The fourth-order valence-electron chi connectivity index (χ4n) is 1.73. The van der Waals surface area contributed by atoms with Gasteiger partial charge in [0.2, 0.25) is 0 Å². The van der Waals surface area contributed by atoms with Gasteiger partial charge in [0, 0.05) is 24.4 Å². The molecule has 3 nitrogen and oxygen atoms in total. The summed E-state index contributed by atoms with van der Waals surface area (Å²) in [5, 5.41) is 3.18. The van der Waals surface area contributed by atoms with Gasteiger partial charge in [0.1, 0.15) is 12.4 Å². The molecule has 0 saturated carbocycles. The van der Waals surface area contributed by atoms with E-state index in [4.69, 9.17) is 4.74 Å². The van der Waals surface area contributed by atoms with Crippen molar-refractivity contribution in [1.82, 2.24) is 10.3 Å². The van der Waals surface area contributed by atoms with Gasteiger partial charge in [-0.15, -0.1) is 0 Å². The van der Waals surface area contributed by atoms with E-state index in [-0.39, 0.29) is 12.6 Å². The zero-order valence-electron chi connectivity index (χ0n) is 10.9. The summed E-state index contributed by atoms with van der Waals surface area (Å²) >= 11 is 0. The van der Waals surface area contributed by atoms with Gasteiger partial charge in [-0.25, -0.2) is 13.2 Å². The van der Waals surface area contributed by atoms with E-state index in [2.05, 4.69) is 10.3 Å². The summed E-state index contributed by atoms with van der Waals surface area (Å²) in [6.45, 7) is 2.30. The fourth-order valence-corrected chi connectivity index (χ4v) is 1.73. The van der Waals surface area contributed by atoms with Crippen molar-refractivity contribution in [2.75, 3.05) is 19.8 Å². The molecule has 0 aliphatic rings. The second kappa shape index (κ2) is 8.87. The molecule has 1 rings (SSSR count). The lowest BCUT2D eigenvalue weighted by atomic mass is 10.0. The molecular weight excluding hydrogens is 257 g/mol. The molecule has 1 unspecified atom stereocenters.